The lowest BCUT2D eigenvalue weighted by atomic mass is 10.0. The van der Waals surface area contributed by atoms with E-state index in [0.717, 1.165) is 24.2 Å². The molecular weight excluding hydrogens is 421 g/mol. The summed E-state index contributed by atoms with van der Waals surface area (Å²) >= 11 is 0. The van der Waals surface area contributed by atoms with E-state index in [9.17, 15) is 19.1 Å². The lowest BCUT2D eigenvalue weighted by molar-refractivity contribution is -0.157. The van der Waals surface area contributed by atoms with Crippen molar-refractivity contribution >= 4 is 11.9 Å². The van der Waals surface area contributed by atoms with E-state index in [1.54, 1.807) is 18.2 Å². The van der Waals surface area contributed by atoms with Crippen molar-refractivity contribution in [2.24, 2.45) is 0 Å². The first-order chi connectivity index (χ1) is 16.0. The molecule has 0 spiro atoms. The molecule has 0 fully saturated rings. The molecule has 2 aromatic carbocycles. The van der Waals surface area contributed by atoms with E-state index < -0.39 is 17.9 Å². The van der Waals surface area contributed by atoms with Crippen LogP contribution in [-0.4, -0.2) is 35.0 Å². The van der Waals surface area contributed by atoms with E-state index in [1.165, 1.54) is 36.6 Å². The standard InChI is InChI=1S/C27H36FNO4/c1-3-5-6-7-8-11-20-33-23-16-14-22(15-17-23)25(4-2)29(26(30)27(31)32)19-18-21-12-9-10-13-24(21)28/h9-10,12-17,25H,3-8,11,18-20H2,1-2H3,(H,31,32). The minimum absolute atomic E-state index is 0.112. The van der Waals surface area contributed by atoms with Gasteiger partial charge in [-0.15, -0.1) is 0 Å². The van der Waals surface area contributed by atoms with Crippen molar-refractivity contribution < 1.29 is 23.8 Å². The van der Waals surface area contributed by atoms with Crippen LogP contribution in [0.25, 0.3) is 0 Å². The zero-order valence-electron chi connectivity index (χ0n) is 19.8. The van der Waals surface area contributed by atoms with E-state index in [0.29, 0.717) is 18.6 Å². The highest BCUT2D eigenvalue weighted by Gasteiger charge is 2.28. The van der Waals surface area contributed by atoms with Crippen molar-refractivity contribution in [1.29, 1.82) is 0 Å². The summed E-state index contributed by atoms with van der Waals surface area (Å²) in [6, 6.07) is 13.4. The second-order valence-corrected chi connectivity index (χ2v) is 8.25. The van der Waals surface area contributed by atoms with Gasteiger partial charge < -0.3 is 14.7 Å². The first-order valence-electron chi connectivity index (χ1n) is 12.0. The Morgan fingerprint density at radius 1 is 0.970 bits per heavy atom. The monoisotopic (exact) mass is 457 g/mol. The van der Waals surface area contributed by atoms with Crippen molar-refractivity contribution in [3.63, 3.8) is 0 Å². The molecule has 1 amide bonds. The molecule has 0 aromatic heterocycles. The predicted octanol–water partition coefficient (Wildman–Crippen LogP) is 6.17. The van der Waals surface area contributed by atoms with Gasteiger partial charge in [0.15, 0.2) is 0 Å². The number of ether oxygens (including phenoxy) is 1. The van der Waals surface area contributed by atoms with Crippen LogP contribution >= 0.6 is 0 Å². The van der Waals surface area contributed by atoms with Crippen molar-refractivity contribution in [2.45, 2.75) is 71.3 Å². The average molecular weight is 458 g/mol. The topological polar surface area (TPSA) is 66.8 Å². The van der Waals surface area contributed by atoms with Gasteiger partial charge in [0.05, 0.1) is 12.6 Å². The number of carboxylic acids is 1. The molecule has 0 saturated heterocycles. The fourth-order valence-electron chi connectivity index (χ4n) is 3.96. The van der Waals surface area contributed by atoms with Crippen LogP contribution in [0.1, 0.15) is 76.0 Å². The van der Waals surface area contributed by atoms with Gasteiger partial charge in [0.1, 0.15) is 11.6 Å². The van der Waals surface area contributed by atoms with Gasteiger partial charge in [-0.05, 0) is 48.6 Å². The van der Waals surface area contributed by atoms with Gasteiger partial charge in [0.25, 0.3) is 0 Å². The molecular formula is C27H36FNO4. The summed E-state index contributed by atoms with van der Waals surface area (Å²) in [7, 11) is 0. The summed E-state index contributed by atoms with van der Waals surface area (Å²) in [5, 5.41) is 9.34. The highest BCUT2D eigenvalue weighted by Crippen LogP contribution is 2.27. The second kappa shape index (κ2) is 14.3. The Labute approximate surface area is 196 Å². The van der Waals surface area contributed by atoms with Gasteiger partial charge in [0.2, 0.25) is 0 Å². The molecule has 1 atom stereocenters. The van der Waals surface area contributed by atoms with Crippen LogP contribution in [0, 0.1) is 5.82 Å². The van der Waals surface area contributed by atoms with E-state index >= 15 is 0 Å². The van der Waals surface area contributed by atoms with Gasteiger partial charge in [-0.25, -0.2) is 9.18 Å². The quantitative estimate of drug-likeness (QED) is 0.272. The molecule has 1 N–H and O–H groups in total. The largest absolute Gasteiger partial charge is 0.494 e. The number of carbonyl (C=O) groups excluding carboxylic acids is 1. The van der Waals surface area contributed by atoms with Gasteiger partial charge >= 0.3 is 11.9 Å². The number of aliphatic carboxylic acids is 1. The van der Waals surface area contributed by atoms with Gasteiger partial charge in [-0.2, -0.15) is 0 Å². The Kier molecular flexibility index (Phi) is 11.4. The van der Waals surface area contributed by atoms with Crippen LogP contribution in [0.3, 0.4) is 0 Å². The van der Waals surface area contributed by atoms with Crippen LogP contribution in [0.15, 0.2) is 48.5 Å². The molecule has 6 heteroatoms. The fraction of sp³-hybridized carbons (Fsp3) is 0.481. The normalized spacial score (nSPS) is 11.7. The van der Waals surface area contributed by atoms with Crippen LogP contribution in [-0.2, 0) is 16.0 Å². The predicted molar refractivity (Wildman–Crippen MR) is 128 cm³/mol. The minimum Gasteiger partial charge on any atom is -0.494 e. The van der Waals surface area contributed by atoms with Crippen LogP contribution < -0.4 is 4.74 Å². The number of nitrogens with zero attached hydrogens (tertiary/aromatic N) is 1. The molecule has 0 bridgehead atoms. The summed E-state index contributed by atoms with van der Waals surface area (Å²) < 4.78 is 19.9. The zero-order chi connectivity index (χ0) is 24.1. The van der Waals surface area contributed by atoms with Crippen molar-refractivity contribution in [1.82, 2.24) is 4.90 Å². The van der Waals surface area contributed by atoms with E-state index in [1.807, 2.05) is 31.2 Å². The van der Waals surface area contributed by atoms with E-state index in [2.05, 4.69) is 6.92 Å². The Hall–Kier alpha value is -2.89. The van der Waals surface area contributed by atoms with Crippen molar-refractivity contribution in [2.75, 3.05) is 13.2 Å². The van der Waals surface area contributed by atoms with E-state index in [4.69, 9.17) is 4.74 Å². The molecule has 2 aromatic rings. The highest BCUT2D eigenvalue weighted by molar-refractivity contribution is 6.31. The number of hydrogen-bond acceptors (Lipinski definition) is 3. The van der Waals surface area contributed by atoms with Gasteiger partial charge in [-0.3, -0.25) is 4.79 Å². The SMILES string of the molecule is CCCCCCCCOc1ccc(C(CC)N(CCc2ccccc2F)C(=O)C(=O)O)cc1. The molecule has 0 radical (unpaired) electrons. The fourth-order valence-corrected chi connectivity index (χ4v) is 3.96. The third-order valence-corrected chi connectivity index (χ3v) is 5.82. The third kappa shape index (κ3) is 8.52. The third-order valence-electron chi connectivity index (χ3n) is 5.82. The summed E-state index contributed by atoms with van der Waals surface area (Å²) in [4.78, 5) is 25.3. The first-order valence-corrected chi connectivity index (χ1v) is 12.0. The maximum Gasteiger partial charge on any atom is 0.394 e. The summed E-state index contributed by atoms with van der Waals surface area (Å²) in [6.07, 6.45) is 7.96. The molecule has 0 aliphatic carbocycles. The number of carbonyl (C=O) groups is 2. The van der Waals surface area contributed by atoms with Crippen LogP contribution in [0.4, 0.5) is 4.39 Å². The van der Waals surface area contributed by atoms with E-state index in [-0.39, 0.29) is 18.8 Å². The molecule has 33 heavy (non-hydrogen) atoms. The number of rotatable bonds is 14. The van der Waals surface area contributed by atoms with Gasteiger partial charge in [0, 0.05) is 6.54 Å². The number of unbranched alkanes of at least 4 members (excludes halogenated alkanes) is 5. The minimum atomic E-state index is -1.51. The Morgan fingerprint density at radius 2 is 1.64 bits per heavy atom. The molecule has 0 saturated carbocycles. The lowest BCUT2D eigenvalue weighted by Gasteiger charge is -2.30. The molecule has 0 heterocycles. The molecule has 0 aliphatic heterocycles. The average Bonchev–Trinajstić information content (AvgIpc) is 2.82. The smallest absolute Gasteiger partial charge is 0.394 e. The highest BCUT2D eigenvalue weighted by atomic mass is 19.1. The summed E-state index contributed by atoms with van der Waals surface area (Å²) in [5.74, 6) is -2.10. The Balaban J connectivity index is 2.01. The molecule has 1 unspecified atom stereocenters. The maximum atomic E-state index is 14.0. The van der Waals surface area contributed by atoms with Gasteiger partial charge in [-0.1, -0.05) is 76.3 Å². The number of carboxylic acid groups (broad SMARTS) is 1. The van der Waals surface area contributed by atoms with Crippen LogP contribution in [0.5, 0.6) is 5.75 Å². The number of hydrogen-bond donors (Lipinski definition) is 1. The molecule has 5 nitrogen and oxygen atoms in total. The summed E-state index contributed by atoms with van der Waals surface area (Å²) in [5.41, 5.74) is 1.28. The summed E-state index contributed by atoms with van der Waals surface area (Å²) in [6.45, 7) is 4.88. The van der Waals surface area contributed by atoms with Crippen LogP contribution in [0.2, 0.25) is 0 Å². The number of amides is 1. The lowest BCUT2D eigenvalue weighted by Crippen LogP contribution is -2.40. The van der Waals surface area contributed by atoms with Crippen molar-refractivity contribution in [3.8, 4) is 5.75 Å². The maximum absolute atomic E-state index is 14.0. The number of halogens is 1. The Morgan fingerprint density at radius 3 is 2.27 bits per heavy atom. The number of benzene rings is 2. The zero-order valence-corrected chi connectivity index (χ0v) is 19.8. The molecule has 2 rings (SSSR count). The Bertz CT molecular complexity index is 869. The van der Waals surface area contributed by atoms with Crippen molar-refractivity contribution in [3.05, 3.63) is 65.5 Å². The molecule has 180 valence electrons. The molecule has 0 aliphatic rings. The first kappa shape index (κ1) is 26.4. The second-order valence-electron chi connectivity index (χ2n) is 8.25.